The zero-order valence-electron chi connectivity index (χ0n) is 13.1. The van der Waals surface area contributed by atoms with Gasteiger partial charge in [0.2, 0.25) is 0 Å². The first-order chi connectivity index (χ1) is 9.56. The maximum absolute atomic E-state index is 6.32. The van der Waals surface area contributed by atoms with E-state index in [1.807, 2.05) is 0 Å². The number of benzene rings is 1. The van der Waals surface area contributed by atoms with Crippen LogP contribution < -0.4 is 5.73 Å². The monoisotopic (exact) mass is 275 g/mol. The standard InChI is InChI=1S/C17H29N3/c1-14-11-20(12-15(2)19(14)3)13-17(18)10-9-16-7-5-4-6-8-16/h4-8,14-15,17H,9-13,18H2,1-3H3. The SMILES string of the molecule is CC1CN(CC(N)CCc2ccccc2)CC(C)N1C. The molecule has 3 nitrogen and oxygen atoms in total. The minimum atomic E-state index is 0.276. The van der Waals surface area contributed by atoms with Gasteiger partial charge in [0.05, 0.1) is 0 Å². The van der Waals surface area contributed by atoms with Crippen LogP contribution in [0.4, 0.5) is 0 Å². The van der Waals surface area contributed by atoms with Gasteiger partial charge in [-0.3, -0.25) is 9.80 Å². The third-order valence-corrected chi connectivity index (χ3v) is 4.57. The molecule has 0 saturated carbocycles. The number of hydrogen-bond donors (Lipinski definition) is 1. The smallest absolute Gasteiger partial charge is 0.0195 e. The van der Waals surface area contributed by atoms with Gasteiger partial charge in [-0.2, -0.15) is 0 Å². The van der Waals surface area contributed by atoms with Gasteiger partial charge in [0.1, 0.15) is 0 Å². The second-order valence-electron chi connectivity index (χ2n) is 6.37. The Morgan fingerprint density at radius 1 is 1.15 bits per heavy atom. The molecule has 112 valence electrons. The molecule has 0 bridgehead atoms. The number of likely N-dealkylation sites (N-methyl/N-ethyl adjacent to an activating group) is 1. The molecule has 0 aromatic heterocycles. The molecule has 0 aliphatic carbocycles. The van der Waals surface area contributed by atoms with E-state index >= 15 is 0 Å². The van der Waals surface area contributed by atoms with Crippen molar-refractivity contribution in [2.75, 3.05) is 26.7 Å². The minimum Gasteiger partial charge on any atom is -0.327 e. The molecule has 3 unspecified atom stereocenters. The minimum absolute atomic E-state index is 0.276. The molecule has 2 rings (SSSR count). The van der Waals surface area contributed by atoms with Gasteiger partial charge < -0.3 is 5.73 Å². The highest BCUT2D eigenvalue weighted by atomic mass is 15.3. The van der Waals surface area contributed by atoms with Crippen molar-refractivity contribution < 1.29 is 0 Å². The first-order valence-electron chi connectivity index (χ1n) is 7.80. The Morgan fingerprint density at radius 3 is 2.35 bits per heavy atom. The van der Waals surface area contributed by atoms with Gasteiger partial charge in [-0.1, -0.05) is 30.3 Å². The Bertz CT molecular complexity index is 380. The predicted octanol–water partition coefficient (Wildman–Crippen LogP) is 1.97. The lowest BCUT2D eigenvalue weighted by atomic mass is 10.0. The van der Waals surface area contributed by atoms with Crippen LogP contribution >= 0.6 is 0 Å². The number of nitrogens with two attached hydrogens (primary N) is 1. The summed E-state index contributed by atoms with van der Waals surface area (Å²) in [6.45, 7) is 7.91. The third kappa shape index (κ3) is 4.30. The number of hydrogen-bond acceptors (Lipinski definition) is 3. The van der Waals surface area contributed by atoms with E-state index in [9.17, 15) is 0 Å². The highest BCUT2D eigenvalue weighted by molar-refractivity contribution is 5.14. The lowest BCUT2D eigenvalue weighted by Gasteiger charge is -2.43. The van der Waals surface area contributed by atoms with Gasteiger partial charge >= 0.3 is 0 Å². The molecule has 20 heavy (non-hydrogen) atoms. The molecule has 1 aromatic rings. The summed E-state index contributed by atoms with van der Waals surface area (Å²) >= 11 is 0. The van der Waals surface area contributed by atoms with Crippen LogP contribution in [-0.2, 0) is 6.42 Å². The van der Waals surface area contributed by atoms with Crippen molar-refractivity contribution in [3.05, 3.63) is 35.9 Å². The van der Waals surface area contributed by atoms with Crippen molar-refractivity contribution in [3.8, 4) is 0 Å². The van der Waals surface area contributed by atoms with Gasteiger partial charge in [-0.05, 0) is 39.3 Å². The summed E-state index contributed by atoms with van der Waals surface area (Å²) < 4.78 is 0. The average molecular weight is 275 g/mol. The summed E-state index contributed by atoms with van der Waals surface area (Å²) in [7, 11) is 2.22. The van der Waals surface area contributed by atoms with E-state index in [0.717, 1.165) is 32.5 Å². The van der Waals surface area contributed by atoms with E-state index in [1.54, 1.807) is 0 Å². The van der Waals surface area contributed by atoms with Crippen LogP contribution in [0.2, 0.25) is 0 Å². The molecule has 1 saturated heterocycles. The Kier molecular flexibility index (Phi) is 5.58. The lowest BCUT2D eigenvalue weighted by Crippen LogP contribution is -2.56. The average Bonchev–Trinajstić information content (AvgIpc) is 2.43. The Balaban J connectivity index is 1.76. The van der Waals surface area contributed by atoms with Crippen molar-refractivity contribution in [2.24, 2.45) is 5.73 Å². The topological polar surface area (TPSA) is 32.5 Å². The van der Waals surface area contributed by atoms with Crippen molar-refractivity contribution in [1.29, 1.82) is 0 Å². The van der Waals surface area contributed by atoms with E-state index in [1.165, 1.54) is 5.56 Å². The van der Waals surface area contributed by atoms with E-state index in [4.69, 9.17) is 5.73 Å². The molecule has 2 N–H and O–H groups in total. The number of piperazine rings is 1. The van der Waals surface area contributed by atoms with Crippen LogP contribution in [0.5, 0.6) is 0 Å². The molecule has 1 fully saturated rings. The summed E-state index contributed by atoms with van der Waals surface area (Å²) in [6, 6.07) is 12.2. The molecule has 0 radical (unpaired) electrons. The van der Waals surface area contributed by atoms with Gasteiger partial charge in [0.25, 0.3) is 0 Å². The predicted molar refractivity (Wildman–Crippen MR) is 85.9 cm³/mol. The fraction of sp³-hybridized carbons (Fsp3) is 0.647. The Labute approximate surface area is 123 Å². The zero-order valence-corrected chi connectivity index (χ0v) is 13.1. The van der Waals surface area contributed by atoms with Crippen LogP contribution in [0.3, 0.4) is 0 Å². The zero-order chi connectivity index (χ0) is 14.5. The van der Waals surface area contributed by atoms with E-state index in [0.29, 0.717) is 12.1 Å². The first kappa shape index (κ1) is 15.5. The summed E-state index contributed by atoms with van der Waals surface area (Å²) in [5, 5.41) is 0. The summed E-state index contributed by atoms with van der Waals surface area (Å²) in [5.41, 5.74) is 7.71. The van der Waals surface area contributed by atoms with Crippen molar-refractivity contribution in [1.82, 2.24) is 9.80 Å². The number of rotatable bonds is 5. The van der Waals surface area contributed by atoms with Gasteiger partial charge in [0.15, 0.2) is 0 Å². The fourth-order valence-electron chi connectivity index (χ4n) is 3.08. The van der Waals surface area contributed by atoms with Gasteiger partial charge in [0, 0.05) is 37.8 Å². The molecular weight excluding hydrogens is 246 g/mol. The van der Waals surface area contributed by atoms with Crippen molar-refractivity contribution in [2.45, 2.75) is 44.8 Å². The molecule has 1 heterocycles. The van der Waals surface area contributed by atoms with E-state index in [2.05, 4.69) is 61.0 Å². The van der Waals surface area contributed by atoms with Crippen LogP contribution in [0.25, 0.3) is 0 Å². The highest BCUT2D eigenvalue weighted by Gasteiger charge is 2.26. The van der Waals surface area contributed by atoms with Gasteiger partial charge in [-0.15, -0.1) is 0 Å². The normalized spacial score (nSPS) is 26.6. The van der Waals surface area contributed by atoms with Crippen molar-refractivity contribution in [3.63, 3.8) is 0 Å². The van der Waals surface area contributed by atoms with E-state index < -0.39 is 0 Å². The summed E-state index contributed by atoms with van der Waals surface area (Å²) in [4.78, 5) is 5.00. The molecule has 0 spiro atoms. The number of aryl methyl sites for hydroxylation is 1. The van der Waals surface area contributed by atoms with Crippen LogP contribution in [0.15, 0.2) is 30.3 Å². The molecule has 0 amide bonds. The Hall–Kier alpha value is -0.900. The molecule has 3 heteroatoms. The first-order valence-corrected chi connectivity index (χ1v) is 7.80. The highest BCUT2D eigenvalue weighted by Crippen LogP contribution is 2.14. The molecule has 1 aromatic carbocycles. The quantitative estimate of drug-likeness (QED) is 0.892. The van der Waals surface area contributed by atoms with Crippen molar-refractivity contribution >= 4 is 0 Å². The third-order valence-electron chi connectivity index (χ3n) is 4.57. The second-order valence-corrected chi connectivity index (χ2v) is 6.37. The number of nitrogens with zero attached hydrogens (tertiary/aromatic N) is 2. The second kappa shape index (κ2) is 7.21. The molecule has 1 aliphatic heterocycles. The van der Waals surface area contributed by atoms with Crippen LogP contribution in [0, 0.1) is 0 Å². The van der Waals surface area contributed by atoms with Crippen LogP contribution in [0.1, 0.15) is 25.8 Å². The Morgan fingerprint density at radius 2 is 1.75 bits per heavy atom. The van der Waals surface area contributed by atoms with Gasteiger partial charge in [-0.25, -0.2) is 0 Å². The molecule has 1 aliphatic rings. The molecule has 3 atom stereocenters. The van der Waals surface area contributed by atoms with Crippen LogP contribution in [-0.4, -0.2) is 54.6 Å². The van der Waals surface area contributed by atoms with E-state index in [-0.39, 0.29) is 6.04 Å². The largest absolute Gasteiger partial charge is 0.327 e. The lowest BCUT2D eigenvalue weighted by molar-refractivity contribution is 0.0563. The molecular formula is C17H29N3. The maximum Gasteiger partial charge on any atom is 0.0195 e. The summed E-state index contributed by atoms with van der Waals surface area (Å²) in [6.07, 6.45) is 2.15. The fourth-order valence-corrected chi connectivity index (χ4v) is 3.08. The summed E-state index contributed by atoms with van der Waals surface area (Å²) in [5.74, 6) is 0. The maximum atomic E-state index is 6.32.